The third-order valence-electron chi connectivity index (χ3n) is 5.36. The van der Waals surface area contributed by atoms with Crippen molar-refractivity contribution in [2.45, 2.75) is 6.42 Å². The highest BCUT2D eigenvalue weighted by Crippen LogP contribution is 2.28. The zero-order valence-corrected chi connectivity index (χ0v) is 17.0. The highest BCUT2D eigenvalue weighted by atomic mass is 35.5. The Bertz CT molecular complexity index is 1450. The molecular weight excluding hydrogens is 398 g/mol. The first-order valence-electron chi connectivity index (χ1n) is 9.56. The number of pyridine rings is 1. The minimum absolute atomic E-state index is 0.182. The van der Waals surface area contributed by atoms with Crippen molar-refractivity contribution >= 4 is 33.5 Å². The van der Waals surface area contributed by atoms with Crippen molar-refractivity contribution in [1.82, 2.24) is 14.1 Å². The third kappa shape index (κ3) is 2.95. The average molecular weight is 416 g/mol. The number of hydrogen-bond donors (Lipinski definition) is 1. The number of halogens is 1. The van der Waals surface area contributed by atoms with Gasteiger partial charge >= 0.3 is 0 Å². The Morgan fingerprint density at radius 2 is 1.73 bits per heavy atom. The molecule has 0 unspecified atom stereocenters. The van der Waals surface area contributed by atoms with Crippen LogP contribution in [0.25, 0.3) is 27.6 Å². The summed E-state index contributed by atoms with van der Waals surface area (Å²) in [4.78, 5) is 18.3. The fourth-order valence-corrected chi connectivity index (χ4v) is 4.06. The van der Waals surface area contributed by atoms with Crippen LogP contribution >= 0.6 is 11.6 Å². The first-order chi connectivity index (χ1) is 14.5. The standard InChI is InChI=1S/C24H18ClN3O2/c1-27-21(13-15-7-10-18(29)11-8-15)26-22-23(27)19-12-9-16(25)14-20(19)28(24(22)30)17-5-3-2-4-6-17/h2-12,14,29H,13H2,1H3. The van der Waals surface area contributed by atoms with Gasteiger partial charge in [-0.15, -0.1) is 0 Å². The molecule has 5 nitrogen and oxygen atoms in total. The van der Waals surface area contributed by atoms with Gasteiger partial charge in [0, 0.05) is 29.6 Å². The van der Waals surface area contributed by atoms with Gasteiger partial charge in [0.2, 0.25) is 0 Å². The predicted octanol–water partition coefficient (Wildman–Crippen LogP) is 4.83. The fourth-order valence-electron chi connectivity index (χ4n) is 3.90. The molecule has 30 heavy (non-hydrogen) atoms. The van der Waals surface area contributed by atoms with Crippen molar-refractivity contribution in [3.63, 3.8) is 0 Å². The highest BCUT2D eigenvalue weighted by Gasteiger charge is 2.19. The van der Waals surface area contributed by atoms with Gasteiger partial charge in [0.15, 0.2) is 5.52 Å². The minimum atomic E-state index is -0.182. The number of aryl methyl sites for hydroxylation is 1. The van der Waals surface area contributed by atoms with Gasteiger partial charge in [0.1, 0.15) is 11.6 Å². The lowest BCUT2D eigenvalue weighted by Crippen LogP contribution is -2.19. The molecule has 5 rings (SSSR count). The summed E-state index contributed by atoms with van der Waals surface area (Å²) in [6.45, 7) is 0. The SMILES string of the molecule is Cn1c(Cc2ccc(O)cc2)nc2c(=O)n(-c3ccccc3)c3cc(Cl)ccc3c21. The van der Waals surface area contributed by atoms with E-state index in [0.717, 1.165) is 33.5 Å². The Labute approximate surface area is 177 Å². The summed E-state index contributed by atoms with van der Waals surface area (Å²) < 4.78 is 3.63. The van der Waals surface area contributed by atoms with Crippen LogP contribution in [-0.2, 0) is 13.5 Å². The second-order valence-corrected chi connectivity index (χ2v) is 7.70. The largest absolute Gasteiger partial charge is 0.508 e. The van der Waals surface area contributed by atoms with Crippen LogP contribution in [0.2, 0.25) is 5.02 Å². The first-order valence-corrected chi connectivity index (χ1v) is 9.93. The van der Waals surface area contributed by atoms with Crippen LogP contribution < -0.4 is 5.56 Å². The van der Waals surface area contributed by atoms with E-state index in [1.807, 2.05) is 72.3 Å². The summed E-state index contributed by atoms with van der Waals surface area (Å²) >= 11 is 6.29. The normalized spacial score (nSPS) is 11.4. The van der Waals surface area contributed by atoms with Crippen LogP contribution in [0.3, 0.4) is 0 Å². The van der Waals surface area contributed by atoms with Gasteiger partial charge in [-0.3, -0.25) is 9.36 Å². The number of fused-ring (bicyclic) bond motifs is 3. The molecule has 5 aromatic rings. The zero-order valence-electron chi connectivity index (χ0n) is 16.2. The predicted molar refractivity (Wildman–Crippen MR) is 120 cm³/mol. The van der Waals surface area contributed by atoms with Gasteiger partial charge in [-0.2, -0.15) is 0 Å². The fraction of sp³-hybridized carbons (Fsp3) is 0.0833. The van der Waals surface area contributed by atoms with E-state index in [1.54, 1.807) is 16.7 Å². The Morgan fingerprint density at radius 3 is 2.47 bits per heavy atom. The van der Waals surface area contributed by atoms with E-state index in [9.17, 15) is 9.90 Å². The molecule has 2 heterocycles. The maximum atomic E-state index is 13.5. The van der Waals surface area contributed by atoms with E-state index in [4.69, 9.17) is 16.6 Å². The van der Waals surface area contributed by atoms with Crippen LogP contribution in [-0.4, -0.2) is 19.2 Å². The van der Waals surface area contributed by atoms with E-state index in [0.29, 0.717) is 17.0 Å². The molecule has 0 aliphatic rings. The maximum absolute atomic E-state index is 13.5. The van der Waals surface area contributed by atoms with Crippen LogP contribution in [0.5, 0.6) is 5.75 Å². The molecule has 0 radical (unpaired) electrons. The molecule has 0 amide bonds. The van der Waals surface area contributed by atoms with E-state index in [-0.39, 0.29) is 11.3 Å². The van der Waals surface area contributed by atoms with Crippen LogP contribution in [0.4, 0.5) is 0 Å². The van der Waals surface area contributed by atoms with Gasteiger partial charge in [-0.05, 0) is 48.0 Å². The Balaban J connectivity index is 1.82. The number of nitrogens with zero attached hydrogens (tertiary/aromatic N) is 3. The Kier molecular flexibility index (Phi) is 4.33. The number of para-hydroxylation sites is 1. The van der Waals surface area contributed by atoms with E-state index in [1.165, 1.54) is 0 Å². The smallest absolute Gasteiger partial charge is 0.283 e. The van der Waals surface area contributed by atoms with Crippen molar-refractivity contribution in [3.05, 3.63) is 99.6 Å². The molecule has 0 atom stereocenters. The summed E-state index contributed by atoms with van der Waals surface area (Å²) in [6.07, 6.45) is 0.547. The topological polar surface area (TPSA) is 60.0 Å². The summed E-state index contributed by atoms with van der Waals surface area (Å²) in [7, 11) is 1.92. The van der Waals surface area contributed by atoms with Gasteiger partial charge in [-0.25, -0.2) is 4.98 Å². The van der Waals surface area contributed by atoms with E-state index < -0.39 is 0 Å². The van der Waals surface area contributed by atoms with Gasteiger partial charge in [-0.1, -0.05) is 41.9 Å². The quantitative estimate of drug-likeness (QED) is 0.459. The summed E-state index contributed by atoms with van der Waals surface area (Å²) in [5.74, 6) is 0.993. The average Bonchev–Trinajstić information content (AvgIpc) is 3.07. The van der Waals surface area contributed by atoms with Gasteiger partial charge < -0.3 is 9.67 Å². The molecule has 3 aromatic carbocycles. The Hall–Kier alpha value is -3.57. The molecule has 0 aliphatic carbocycles. The lowest BCUT2D eigenvalue weighted by Gasteiger charge is -2.12. The molecule has 0 saturated heterocycles. The molecule has 6 heteroatoms. The van der Waals surface area contributed by atoms with Crippen molar-refractivity contribution in [2.24, 2.45) is 7.05 Å². The van der Waals surface area contributed by atoms with E-state index in [2.05, 4.69) is 0 Å². The number of phenolic OH excluding ortho intramolecular Hbond substituents is 1. The Morgan fingerprint density at radius 1 is 1.00 bits per heavy atom. The lowest BCUT2D eigenvalue weighted by molar-refractivity contribution is 0.475. The zero-order chi connectivity index (χ0) is 20.8. The van der Waals surface area contributed by atoms with Crippen molar-refractivity contribution in [3.8, 4) is 11.4 Å². The molecule has 0 spiro atoms. The second kappa shape index (κ2) is 7.04. The highest BCUT2D eigenvalue weighted by molar-refractivity contribution is 6.31. The monoisotopic (exact) mass is 415 g/mol. The van der Waals surface area contributed by atoms with Crippen LogP contribution in [0.1, 0.15) is 11.4 Å². The first kappa shape index (κ1) is 18.5. The van der Waals surface area contributed by atoms with Crippen LogP contribution in [0, 0.1) is 0 Å². The number of aromatic hydroxyl groups is 1. The van der Waals surface area contributed by atoms with Gasteiger partial charge in [0.25, 0.3) is 5.56 Å². The molecule has 0 aliphatic heterocycles. The molecule has 2 aromatic heterocycles. The lowest BCUT2D eigenvalue weighted by atomic mass is 10.1. The van der Waals surface area contributed by atoms with Crippen molar-refractivity contribution < 1.29 is 5.11 Å². The number of hydrogen-bond acceptors (Lipinski definition) is 3. The molecule has 0 bridgehead atoms. The molecule has 1 N–H and O–H groups in total. The summed E-state index contributed by atoms with van der Waals surface area (Å²) in [5, 5.41) is 11.0. The molecule has 0 saturated carbocycles. The number of benzene rings is 3. The minimum Gasteiger partial charge on any atom is -0.508 e. The van der Waals surface area contributed by atoms with Gasteiger partial charge in [0.05, 0.1) is 11.0 Å². The van der Waals surface area contributed by atoms with Crippen molar-refractivity contribution in [2.75, 3.05) is 0 Å². The molecular formula is C24H18ClN3O2. The summed E-state index contributed by atoms with van der Waals surface area (Å²) in [5.41, 5.74) is 3.53. The van der Waals surface area contributed by atoms with E-state index >= 15 is 0 Å². The third-order valence-corrected chi connectivity index (χ3v) is 5.60. The number of aromatic nitrogens is 3. The number of imidazole rings is 1. The molecule has 148 valence electrons. The number of phenols is 1. The van der Waals surface area contributed by atoms with Crippen LogP contribution in [0.15, 0.2) is 77.6 Å². The second-order valence-electron chi connectivity index (χ2n) is 7.27. The summed E-state index contributed by atoms with van der Waals surface area (Å²) in [6, 6.07) is 22.1. The van der Waals surface area contributed by atoms with Crippen molar-refractivity contribution in [1.29, 1.82) is 0 Å². The maximum Gasteiger partial charge on any atom is 0.283 e. The molecule has 0 fully saturated rings. The number of rotatable bonds is 3.